The first kappa shape index (κ1) is 26.0. The summed E-state index contributed by atoms with van der Waals surface area (Å²) in [5.41, 5.74) is 10.8. The number of pyridine rings is 1. The van der Waals surface area contributed by atoms with Crippen molar-refractivity contribution < 1.29 is 0 Å². The maximum Gasteiger partial charge on any atom is 0.135 e. The number of hydrogen-bond donors (Lipinski definition) is 3. The average Bonchev–Trinajstić information content (AvgIpc) is 3.73. The van der Waals surface area contributed by atoms with Crippen LogP contribution in [0.15, 0.2) is 78.8 Å². The number of hydrogen-bond acceptors (Lipinski definition) is 4. The zero-order valence-corrected chi connectivity index (χ0v) is 23.6. The number of allylic oxidation sites excluding steroid dienone is 4. The van der Waals surface area contributed by atoms with Crippen molar-refractivity contribution in [3.05, 3.63) is 90.2 Å². The van der Waals surface area contributed by atoms with E-state index >= 15 is 0 Å². The minimum absolute atomic E-state index is 0.800. The molecule has 7 nitrogen and oxygen atoms in total. The fourth-order valence-electron chi connectivity index (χ4n) is 5.75. The Morgan fingerprint density at radius 2 is 1.98 bits per heavy atom. The number of aryl methyl sites for hydroxylation is 1. The van der Waals surface area contributed by atoms with Gasteiger partial charge in [-0.05, 0) is 76.4 Å². The molecule has 7 heteroatoms. The van der Waals surface area contributed by atoms with E-state index in [0.717, 1.165) is 80.6 Å². The lowest BCUT2D eigenvalue weighted by Crippen LogP contribution is -2.22. The van der Waals surface area contributed by atoms with Crippen molar-refractivity contribution in [3.63, 3.8) is 0 Å². The van der Waals surface area contributed by atoms with Crippen LogP contribution in [0.1, 0.15) is 50.9 Å². The van der Waals surface area contributed by atoms with Crippen LogP contribution in [0, 0.1) is 12.8 Å². The molecule has 4 heterocycles. The summed E-state index contributed by atoms with van der Waals surface area (Å²) in [5.74, 6) is 0.826. The molecule has 0 aliphatic heterocycles. The lowest BCUT2D eigenvalue weighted by molar-refractivity contribution is 0.502. The van der Waals surface area contributed by atoms with E-state index in [1.165, 1.54) is 31.3 Å². The van der Waals surface area contributed by atoms with E-state index in [1.807, 2.05) is 26.4 Å². The van der Waals surface area contributed by atoms with Gasteiger partial charge in [0.05, 0.1) is 34.6 Å². The van der Waals surface area contributed by atoms with Crippen molar-refractivity contribution in [2.24, 2.45) is 5.92 Å². The topological polar surface area (TPSA) is 87.2 Å². The molecule has 1 fully saturated rings. The summed E-state index contributed by atoms with van der Waals surface area (Å²) in [6.45, 7) is 12.3. The van der Waals surface area contributed by atoms with Gasteiger partial charge in [0.2, 0.25) is 0 Å². The molecule has 5 aromatic rings. The number of rotatable bonds is 9. The summed E-state index contributed by atoms with van der Waals surface area (Å²) in [5, 5.41) is 12.6. The average molecular weight is 532 g/mol. The molecule has 6 rings (SSSR count). The first-order valence-electron chi connectivity index (χ1n) is 14.2. The number of aromatic nitrogens is 6. The predicted molar refractivity (Wildman–Crippen MR) is 164 cm³/mol. The molecule has 3 N–H and O–H groups in total. The molecular formula is C33H37N7. The van der Waals surface area contributed by atoms with E-state index in [0.29, 0.717) is 0 Å². The lowest BCUT2D eigenvalue weighted by Gasteiger charge is -2.11. The quantitative estimate of drug-likeness (QED) is 0.174. The summed E-state index contributed by atoms with van der Waals surface area (Å²) in [6, 6.07) is 12.5. The maximum absolute atomic E-state index is 5.11. The largest absolute Gasteiger partial charge is 0.353 e. The molecule has 0 unspecified atom stereocenters. The van der Waals surface area contributed by atoms with Gasteiger partial charge in [-0.1, -0.05) is 48.8 Å². The summed E-state index contributed by atoms with van der Waals surface area (Å²) in [6.07, 6.45) is 13.7. The molecule has 40 heavy (non-hydrogen) atoms. The van der Waals surface area contributed by atoms with Crippen LogP contribution in [0.3, 0.4) is 0 Å². The highest BCUT2D eigenvalue weighted by Crippen LogP contribution is 2.32. The van der Waals surface area contributed by atoms with Gasteiger partial charge in [0.15, 0.2) is 0 Å². The standard InChI is InChI=1S/C33H37N7/c1-21(2)14-25(15-22(3)17-34-18-24-8-5-6-9-24)27-12-13-29-32(37-27)33(39-38-29)30-16-26-28(36-30)10-7-11-31(26)40-19-23(4)35-20-40/h7,10-16,19-20,24,34,36H,1,5-6,8-9,17-18H2,2-4H3,(H,38,39)/b22-15+,25-14+. The van der Waals surface area contributed by atoms with Crippen LogP contribution >= 0.6 is 0 Å². The van der Waals surface area contributed by atoms with Crippen LogP contribution in [0.5, 0.6) is 0 Å². The molecule has 1 saturated carbocycles. The predicted octanol–water partition coefficient (Wildman–Crippen LogP) is 7.29. The van der Waals surface area contributed by atoms with Gasteiger partial charge >= 0.3 is 0 Å². The molecule has 4 aromatic heterocycles. The van der Waals surface area contributed by atoms with Crippen molar-refractivity contribution in [1.82, 2.24) is 35.0 Å². The number of benzene rings is 1. The van der Waals surface area contributed by atoms with E-state index < -0.39 is 0 Å². The van der Waals surface area contributed by atoms with Crippen LogP contribution in [0.2, 0.25) is 0 Å². The monoisotopic (exact) mass is 531 g/mol. The van der Waals surface area contributed by atoms with Crippen LogP contribution in [0.4, 0.5) is 0 Å². The fraction of sp³-hybridized carbons (Fsp3) is 0.303. The first-order valence-corrected chi connectivity index (χ1v) is 14.2. The van der Waals surface area contributed by atoms with Gasteiger partial charge in [0.1, 0.15) is 11.2 Å². The minimum atomic E-state index is 0.800. The van der Waals surface area contributed by atoms with E-state index in [1.54, 1.807) is 0 Å². The van der Waals surface area contributed by atoms with Gasteiger partial charge < -0.3 is 14.9 Å². The van der Waals surface area contributed by atoms with Crippen LogP contribution in [0.25, 0.3) is 44.6 Å². The SMILES string of the molecule is C=C(C)/C=C(\C=C(/C)CNCC1CCCC1)c1ccc2[nH]nc(-c3cc4c(-n5cnc(C)c5)cccc4[nH]3)c2n1. The van der Waals surface area contributed by atoms with Gasteiger partial charge in [-0.15, -0.1) is 0 Å². The summed E-state index contributed by atoms with van der Waals surface area (Å²) in [4.78, 5) is 13.1. The van der Waals surface area contributed by atoms with Gasteiger partial charge in [-0.3, -0.25) is 5.10 Å². The van der Waals surface area contributed by atoms with Crippen molar-refractivity contribution in [2.45, 2.75) is 46.5 Å². The highest BCUT2D eigenvalue weighted by atomic mass is 15.1. The Bertz CT molecular complexity index is 1740. The first-order chi connectivity index (χ1) is 19.4. The normalized spacial score (nSPS) is 15.1. The molecule has 1 aliphatic rings. The Labute approximate surface area is 235 Å². The number of nitrogens with one attached hydrogen (secondary N) is 3. The second-order valence-electron chi connectivity index (χ2n) is 11.2. The number of aromatic amines is 2. The Balaban J connectivity index is 1.33. The zero-order valence-electron chi connectivity index (χ0n) is 23.6. The third-order valence-corrected chi connectivity index (χ3v) is 7.70. The highest BCUT2D eigenvalue weighted by molar-refractivity contribution is 5.97. The molecule has 0 amide bonds. The number of fused-ring (bicyclic) bond motifs is 2. The number of H-pyrrole nitrogens is 2. The van der Waals surface area contributed by atoms with Crippen molar-refractivity contribution in [3.8, 4) is 17.1 Å². The number of imidazole rings is 1. The molecule has 204 valence electrons. The van der Waals surface area contributed by atoms with Crippen molar-refractivity contribution in [2.75, 3.05) is 13.1 Å². The van der Waals surface area contributed by atoms with Gasteiger partial charge in [-0.2, -0.15) is 5.10 Å². The molecule has 0 radical (unpaired) electrons. The summed E-state index contributed by atoms with van der Waals surface area (Å²) in [7, 11) is 0. The Kier molecular flexibility index (Phi) is 7.22. The van der Waals surface area contributed by atoms with Crippen molar-refractivity contribution in [1.29, 1.82) is 0 Å². The van der Waals surface area contributed by atoms with Gasteiger partial charge in [0.25, 0.3) is 0 Å². The smallest absolute Gasteiger partial charge is 0.135 e. The van der Waals surface area contributed by atoms with Crippen molar-refractivity contribution >= 4 is 27.5 Å². The van der Waals surface area contributed by atoms with Crippen LogP contribution < -0.4 is 5.32 Å². The molecule has 0 saturated heterocycles. The van der Waals surface area contributed by atoms with Crippen LogP contribution in [-0.2, 0) is 0 Å². The second kappa shape index (κ2) is 11.1. The molecule has 1 aliphatic carbocycles. The summed E-state index contributed by atoms with van der Waals surface area (Å²) < 4.78 is 2.06. The lowest BCUT2D eigenvalue weighted by atomic mass is 10.0. The van der Waals surface area contributed by atoms with E-state index in [2.05, 4.69) is 92.1 Å². The molecule has 0 bridgehead atoms. The van der Waals surface area contributed by atoms with Gasteiger partial charge in [-0.25, -0.2) is 9.97 Å². The third-order valence-electron chi connectivity index (χ3n) is 7.70. The van der Waals surface area contributed by atoms with E-state index in [-0.39, 0.29) is 0 Å². The molecule has 1 aromatic carbocycles. The molecule has 0 atom stereocenters. The summed E-state index contributed by atoms with van der Waals surface area (Å²) >= 11 is 0. The second-order valence-corrected chi connectivity index (χ2v) is 11.2. The Hall–Kier alpha value is -4.23. The molecular weight excluding hydrogens is 494 g/mol. The number of nitrogens with zero attached hydrogens (tertiary/aromatic N) is 4. The molecule has 0 spiro atoms. The maximum atomic E-state index is 5.11. The van der Waals surface area contributed by atoms with E-state index in [4.69, 9.17) is 4.98 Å². The highest BCUT2D eigenvalue weighted by Gasteiger charge is 2.16. The Morgan fingerprint density at radius 3 is 2.75 bits per heavy atom. The van der Waals surface area contributed by atoms with E-state index in [9.17, 15) is 0 Å². The third kappa shape index (κ3) is 5.42. The van der Waals surface area contributed by atoms with Gasteiger partial charge in [0, 0.05) is 29.2 Å². The Morgan fingerprint density at radius 1 is 1.12 bits per heavy atom. The minimum Gasteiger partial charge on any atom is -0.353 e. The zero-order chi connectivity index (χ0) is 27.6. The fourth-order valence-corrected chi connectivity index (χ4v) is 5.75. The van der Waals surface area contributed by atoms with Crippen LogP contribution in [-0.4, -0.2) is 42.8 Å².